The highest BCUT2D eigenvalue weighted by molar-refractivity contribution is 6.32. The quantitative estimate of drug-likeness (QED) is 0.502. The van der Waals surface area contributed by atoms with Crippen LogP contribution in [0.5, 0.6) is 17.2 Å². The van der Waals surface area contributed by atoms with Gasteiger partial charge in [-0.2, -0.15) is 0 Å². The molecule has 176 valence electrons. The lowest BCUT2D eigenvalue weighted by atomic mass is 10.0. The van der Waals surface area contributed by atoms with Crippen LogP contribution in [0.2, 0.25) is 5.02 Å². The van der Waals surface area contributed by atoms with Crippen molar-refractivity contribution in [1.29, 1.82) is 0 Å². The average Bonchev–Trinajstić information content (AvgIpc) is 2.78. The van der Waals surface area contributed by atoms with Crippen LogP contribution in [-0.2, 0) is 0 Å². The third kappa shape index (κ3) is 5.69. The summed E-state index contributed by atoms with van der Waals surface area (Å²) < 4.78 is 17.2. The number of aliphatic hydroxyl groups excluding tert-OH is 1. The Morgan fingerprint density at radius 1 is 1.21 bits per heavy atom. The summed E-state index contributed by atoms with van der Waals surface area (Å²) in [5.41, 5.74) is 1.87. The van der Waals surface area contributed by atoms with Gasteiger partial charge in [0.1, 0.15) is 36.1 Å². The summed E-state index contributed by atoms with van der Waals surface area (Å²) in [5, 5.41) is 11.4. The zero-order chi connectivity index (χ0) is 23.5. The van der Waals surface area contributed by atoms with E-state index in [1.165, 1.54) is 19.1 Å². The highest BCUT2D eigenvalue weighted by Gasteiger charge is 2.19. The van der Waals surface area contributed by atoms with E-state index in [4.69, 9.17) is 25.5 Å². The maximum Gasteiger partial charge on any atom is 0.235 e. The van der Waals surface area contributed by atoms with E-state index < -0.39 is 6.10 Å². The molecule has 1 N–H and O–H groups in total. The summed E-state index contributed by atoms with van der Waals surface area (Å²) in [5.74, 6) is 1.83. The summed E-state index contributed by atoms with van der Waals surface area (Å²) in [4.78, 5) is 15.2. The maximum absolute atomic E-state index is 12.9. The molecule has 2 aromatic carbocycles. The third-order valence-corrected chi connectivity index (χ3v) is 6.60. The first-order valence-electron chi connectivity index (χ1n) is 11.3. The van der Waals surface area contributed by atoms with E-state index in [0.717, 1.165) is 24.2 Å². The van der Waals surface area contributed by atoms with Gasteiger partial charge in [0.15, 0.2) is 0 Å². The molecule has 3 aromatic rings. The number of hydrogen-bond acceptors (Lipinski definition) is 6. The van der Waals surface area contributed by atoms with Crippen molar-refractivity contribution in [2.75, 3.05) is 26.2 Å². The zero-order valence-electron chi connectivity index (χ0n) is 19.3. The SMILES string of the molecule is Cc1cc(Oc2coc3cc(OC[C@H](O)CN4CCC[C@H](C)C4)ccc3c2=O)cc(C)c1Cl. The van der Waals surface area contributed by atoms with Gasteiger partial charge in [-0.15, -0.1) is 0 Å². The van der Waals surface area contributed by atoms with Gasteiger partial charge in [0.05, 0.1) is 5.39 Å². The molecule has 2 atom stereocenters. The molecule has 1 aromatic heterocycles. The van der Waals surface area contributed by atoms with Gasteiger partial charge in [-0.1, -0.05) is 18.5 Å². The molecule has 0 bridgehead atoms. The van der Waals surface area contributed by atoms with Gasteiger partial charge in [-0.25, -0.2) is 0 Å². The number of rotatable bonds is 7. The van der Waals surface area contributed by atoms with Gasteiger partial charge in [0.2, 0.25) is 11.2 Å². The number of β-amino-alcohol motifs (C(OH)–C–C–N with tert-alkyl or cyclic N) is 1. The second kappa shape index (κ2) is 10.2. The minimum absolute atomic E-state index is 0.100. The molecule has 0 aliphatic carbocycles. The van der Waals surface area contributed by atoms with Crippen molar-refractivity contribution in [3.05, 3.63) is 63.0 Å². The smallest absolute Gasteiger partial charge is 0.235 e. The Morgan fingerprint density at radius 2 is 1.97 bits per heavy atom. The molecule has 1 aliphatic heterocycles. The first-order valence-corrected chi connectivity index (χ1v) is 11.7. The van der Waals surface area contributed by atoms with Crippen LogP contribution in [-0.4, -0.2) is 42.4 Å². The lowest BCUT2D eigenvalue weighted by Gasteiger charge is -2.32. The van der Waals surface area contributed by atoms with Crippen LogP contribution in [0.15, 0.2) is 45.8 Å². The Bertz CT molecular complexity index is 1170. The predicted octanol–water partition coefficient (Wildman–Crippen LogP) is 5.33. The van der Waals surface area contributed by atoms with E-state index in [1.54, 1.807) is 30.3 Å². The molecule has 0 amide bonds. The summed E-state index contributed by atoms with van der Waals surface area (Å²) in [6, 6.07) is 8.58. The van der Waals surface area contributed by atoms with E-state index in [2.05, 4.69) is 11.8 Å². The number of halogens is 1. The molecule has 0 radical (unpaired) electrons. The Hall–Kier alpha value is -2.54. The Labute approximate surface area is 198 Å². The van der Waals surface area contributed by atoms with Crippen molar-refractivity contribution in [1.82, 2.24) is 4.90 Å². The maximum atomic E-state index is 12.9. The summed E-state index contributed by atoms with van der Waals surface area (Å²) in [6.45, 7) is 8.81. The first-order chi connectivity index (χ1) is 15.8. The molecule has 4 rings (SSSR count). The molecule has 6 nitrogen and oxygen atoms in total. The van der Waals surface area contributed by atoms with Crippen LogP contribution in [0, 0.1) is 19.8 Å². The zero-order valence-corrected chi connectivity index (χ0v) is 20.0. The fraction of sp³-hybridized carbons (Fsp3) is 0.423. The van der Waals surface area contributed by atoms with E-state index in [-0.39, 0.29) is 17.8 Å². The Balaban J connectivity index is 1.43. The average molecular weight is 472 g/mol. The molecular formula is C26H30ClNO5. The predicted molar refractivity (Wildman–Crippen MR) is 130 cm³/mol. The highest BCUT2D eigenvalue weighted by Crippen LogP contribution is 2.29. The van der Waals surface area contributed by atoms with E-state index in [0.29, 0.717) is 40.0 Å². The van der Waals surface area contributed by atoms with Crippen LogP contribution in [0.25, 0.3) is 11.0 Å². The van der Waals surface area contributed by atoms with Crippen LogP contribution in [0.1, 0.15) is 30.9 Å². The Kier molecular flexibility index (Phi) is 7.27. The molecule has 0 spiro atoms. The van der Waals surface area contributed by atoms with Gasteiger partial charge in [0, 0.05) is 24.2 Å². The van der Waals surface area contributed by atoms with E-state index >= 15 is 0 Å². The highest BCUT2D eigenvalue weighted by atomic mass is 35.5. The summed E-state index contributed by atoms with van der Waals surface area (Å²) >= 11 is 6.21. The van der Waals surface area contributed by atoms with Crippen molar-refractivity contribution in [3.8, 4) is 17.2 Å². The van der Waals surface area contributed by atoms with Crippen LogP contribution in [0.4, 0.5) is 0 Å². The van der Waals surface area contributed by atoms with Crippen molar-refractivity contribution in [2.24, 2.45) is 5.92 Å². The van der Waals surface area contributed by atoms with Gasteiger partial charge in [-0.05, 0) is 74.5 Å². The molecule has 1 fully saturated rings. The minimum Gasteiger partial charge on any atom is -0.491 e. The number of aryl methyl sites for hydroxylation is 2. The van der Waals surface area contributed by atoms with Crippen LogP contribution in [0.3, 0.4) is 0 Å². The molecule has 0 saturated carbocycles. The molecule has 33 heavy (non-hydrogen) atoms. The number of fused-ring (bicyclic) bond motifs is 1. The second-order valence-electron chi connectivity index (χ2n) is 9.03. The lowest BCUT2D eigenvalue weighted by molar-refractivity contribution is 0.0537. The van der Waals surface area contributed by atoms with Gasteiger partial charge >= 0.3 is 0 Å². The van der Waals surface area contributed by atoms with Gasteiger partial charge in [0.25, 0.3) is 0 Å². The van der Waals surface area contributed by atoms with Crippen molar-refractivity contribution >= 4 is 22.6 Å². The standard InChI is InChI=1S/C26H30ClNO5/c1-16-5-4-8-28(12-16)13-19(29)14-31-20-6-7-22-23(11-20)32-15-24(26(22)30)33-21-9-17(2)25(27)18(3)10-21/h6-7,9-11,15-16,19,29H,4-5,8,12-14H2,1-3H3/t16-,19+/m0/s1. The van der Waals surface area contributed by atoms with E-state index in [1.807, 2.05) is 13.8 Å². The Morgan fingerprint density at radius 3 is 2.70 bits per heavy atom. The molecular weight excluding hydrogens is 442 g/mol. The van der Waals surface area contributed by atoms with Crippen molar-refractivity contribution in [3.63, 3.8) is 0 Å². The number of ether oxygens (including phenoxy) is 2. The largest absolute Gasteiger partial charge is 0.491 e. The summed E-state index contributed by atoms with van der Waals surface area (Å²) in [6.07, 6.45) is 3.14. The molecule has 1 saturated heterocycles. The monoisotopic (exact) mass is 471 g/mol. The molecule has 0 unspecified atom stereocenters. The molecule has 1 aliphatic rings. The first kappa shape index (κ1) is 23.6. The van der Waals surface area contributed by atoms with Crippen LogP contribution < -0.4 is 14.9 Å². The normalized spacial score (nSPS) is 17.8. The number of aliphatic hydroxyl groups is 1. The minimum atomic E-state index is -0.583. The topological polar surface area (TPSA) is 72.1 Å². The number of hydrogen-bond donors (Lipinski definition) is 1. The number of nitrogens with zero attached hydrogens (tertiary/aromatic N) is 1. The molecule has 7 heteroatoms. The van der Waals surface area contributed by atoms with Gasteiger partial charge < -0.3 is 23.9 Å². The number of piperidine rings is 1. The molecule has 2 heterocycles. The fourth-order valence-corrected chi connectivity index (χ4v) is 4.45. The van der Waals surface area contributed by atoms with E-state index in [9.17, 15) is 9.90 Å². The van der Waals surface area contributed by atoms with Crippen molar-refractivity contribution in [2.45, 2.75) is 39.7 Å². The number of benzene rings is 2. The van der Waals surface area contributed by atoms with Crippen molar-refractivity contribution < 1.29 is 19.0 Å². The summed E-state index contributed by atoms with van der Waals surface area (Å²) in [7, 11) is 0. The second-order valence-corrected chi connectivity index (χ2v) is 9.41. The van der Waals surface area contributed by atoms with Crippen LogP contribution >= 0.6 is 11.6 Å². The fourth-order valence-electron chi connectivity index (χ4n) is 4.34. The number of likely N-dealkylation sites (tertiary alicyclic amines) is 1. The van der Waals surface area contributed by atoms with Gasteiger partial charge in [-0.3, -0.25) is 4.79 Å². The third-order valence-electron chi connectivity index (χ3n) is 6.00. The lowest BCUT2D eigenvalue weighted by Crippen LogP contribution is -2.41.